The van der Waals surface area contributed by atoms with Crippen LogP contribution in [0.15, 0.2) is 23.8 Å². The smallest absolute Gasteiger partial charge is 0.385 e. The lowest BCUT2D eigenvalue weighted by atomic mass is 10.1. The number of nitrogens with one attached hydrogen (secondary N) is 1. The molecule has 0 saturated heterocycles. The van der Waals surface area contributed by atoms with Crippen molar-refractivity contribution in [1.82, 2.24) is 4.98 Å². The predicted molar refractivity (Wildman–Crippen MR) is 78.8 cm³/mol. The third-order valence-electron chi connectivity index (χ3n) is 3.00. The minimum absolute atomic E-state index is 0.00840. The molecule has 128 valence electrons. The van der Waals surface area contributed by atoms with Gasteiger partial charge in [-0.05, 0) is 31.2 Å². The average molecular weight is 338 g/mol. The SMILES string of the molecule is C/C(=C\c1c(N)[nH]c2ccc(C(F)(F)F)cc12)C(F)(F)F.CC. The number of hydrogen-bond acceptors (Lipinski definition) is 1. The summed E-state index contributed by atoms with van der Waals surface area (Å²) < 4.78 is 75.6. The van der Waals surface area contributed by atoms with Crippen LogP contribution in [0.1, 0.15) is 31.9 Å². The molecule has 0 fully saturated rings. The number of aromatic amines is 1. The van der Waals surface area contributed by atoms with Crippen molar-refractivity contribution in [2.45, 2.75) is 33.1 Å². The van der Waals surface area contributed by atoms with Crippen molar-refractivity contribution in [1.29, 1.82) is 0 Å². The van der Waals surface area contributed by atoms with E-state index in [1.165, 1.54) is 0 Å². The van der Waals surface area contributed by atoms with Crippen molar-refractivity contribution in [2.75, 3.05) is 5.73 Å². The molecule has 2 rings (SSSR count). The average Bonchev–Trinajstić information content (AvgIpc) is 2.74. The van der Waals surface area contributed by atoms with Gasteiger partial charge >= 0.3 is 12.4 Å². The first-order valence-corrected chi connectivity index (χ1v) is 6.74. The molecule has 0 aliphatic rings. The molecule has 0 spiro atoms. The monoisotopic (exact) mass is 338 g/mol. The van der Waals surface area contributed by atoms with E-state index in [0.29, 0.717) is 0 Å². The lowest BCUT2D eigenvalue weighted by molar-refractivity contribution is -0.137. The number of halogens is 6. The van der Waals surface area contributed by atoms with E-state index in [1.54, 1.807) is 0 Å². The van der Waals surface area contributed by atoms with Crippen LogP contribution in [0.2, 0.25) is 0 Å². The van der Waals surface area contributed by atoms with Gasteiger partial charge in [-0.2, -0.15) is 26.3 Å². The van der Waals surface area contributed by atoms with Gasteiger partial charge in [-0.15, -0.1) is 0 Å². The number of fused-ring (bicyclic) bond motifs is 1. The maximum absolute atomic E-state index is 12.7. The Morgan fingerprint density at radius 1 is 1.09 bits per heavy atom. The van der Waals surface area contributed by atoms with E-state index in [9.17, 15) is 26.3 Å². The highest BCUT2D eigenvalue weighted by molar-refractivity contribution is 5.95. The van der Waals surface area contributed by atoms with Gasteiger partial charge in [0, 0.05) is 22.0 Å². The molecule has 0 bridgehead atoms. The molecule has 3 N–H and O–H groups in total. The summed E-state index contributed by atoms with van der Waals surface area (Å²) in [5, 5.41) is -0.00840. The van der Waals surface area contributed by atoms with Crippen molar-refractivity contribution >= 4 is 22.8 Å². The van der Waals surface area contributed by atoms with Crippen LogP contribution in [0.3, 0.4) is 0 Å². The molecule has 0 aliphatic carbocycles. The maximum Gasteiger partial charge on any atom is 0.416 e. The Bertz CT molecular complexity index is 707. The summed E-state index contributed by atoms with van der Waals surface area (Å²) in [7, 11) is 0. The van der Waals surface area contributed by atoms with E-state index < -0.39 is 23.5 Å². The van der Waals surface area contributed by atoms with Gasteiger partial charge in [0.2, 0.25) is 0 Å². The van der Waals surface area contributed by atoms with E-state index in [2.05, 4.69) is 4.98 Å². The minimum atomic E-state index is -4.58. The standard InChI is InChI=1S/C13H10F6N2.C2H6/c1-6(12(14,15)16)4-9-8-5-7(13(17,18)19)2-3-10(8)21-11(9)20;1-2/h2-5,21H,20H2,1H3;1-2H3/b6-4+;. The summed E-state index contributed by atoms with van der Waals surface area (Å²) >= 11 is 0. The van der Waals surface area contributed by atoms with Crippen LogP contribution in [-0.4, -0.2) is 11.2 Å². The Kier molecular flexibility index (Phi) is 5.39. The number of aromatic nitrogens is 1. The van der Waals surface area contributed by atoms with Crippen molar-refractivity contribution in [3.8, 4) is 0 Å². The Morgan fingerprint density at radius 2 is 1.65 bits per heavy atom. The molecule has 0 saturated carbocycles. The number of nitrogens with two attached hydrogens (primary N) is 1. The molecular weight excluding hydrogens is 322 g/mol. The van der Waals surface area contributed by atoms with Gasteiger partial charge in [0.05, 0.1) is 5.56 Å². The number of benzene rings is 1. The molecular formula is C15H16F6N2. The molecule has 2 aromatic rings. The van der Waals surface area contributed by atoms with Gasteiger partial charge < -0.3 is 10.7 Å². The van der Waals surface area contributed by atoms with Crippen LogP contribution in [0.25, 0.3) is 17.0 Å². The number of hydrogen-bond donors (Lipinski definition) is 2. The topological polar surface area (TPSA) is 41.8 Å². The molecule has 1 heterocycles. The Hall–Kier alpha value is -2.12. The lowest BCUT2D eigenvalue weighted by Crippen LogP contribution is -2.08. The largest absolute Gasteiger partial charge is 0.416 e. The third-order valence-corrected chi connectivity index (χ3v) is 3.00. The molecule has 0 radical (unpaired) electrons. The van der Waals surface area contributed by atoms with Crippen LogP contribution in [0.5, 0.6) is 0 Å². The number of anilines is 1. The van der Waals surface area contributed by atoms with E-state index >= 15 is 0 Å². The van der Waals surface area contributed by atoms with Crippen LogP contribution in [-0.2, 0) is 6.18 Å². The number of rotatable bonds is 1. The van der Waals surface area contributed by atoms with E-state index in [4.69, 9.17) is 5.73 Å². The fourth-order valence-electron chi connectivity index (χ4n) is 1.86. The molecule has 8 heteroatoms. The van der Waals surface area contributed by atoms with Crippen molar-refractivity contribution < 1.29 is 26.3 Å². The molecule has 0 aliphatic heterocycles. The molecule has 0 atom stereocenters. The van der Waals surface area contributed by atoms with Gasteiger partial charge in [0.15, 0.2) is 0 Å². The second kappa shape index (κ2) is 6.55. The Balaban J connectivity index is 0.00000127. The van der Waals surface area contributed by atoms with Crippen molar-refractivity contribution in [3.63, 3.8) is 0 Å². The van der Waals surface area contributed by atoms with Crippen LogP contribution in [0.4, 0.5) is 32.2 Å². The lowest BCUT2D eigenvalue weighted by Gasteiger charge is -2.08. The minimum Gasteiger partial charge on any atom is -0.385 e. The first-order chi connectivity index (χ1) is 10.5. The third kappa shape index (κ3) is 4.20. The highest BCUT2D eigenvalue weighted by Crippen LogP contribution is 2.36. The second-order valence-corrected chi connectivity index (χ2v) is 4.54. The summed E-state index contributed by atoms with van der Waals surface area (Å²) in [6, 6.07) is 2.74. The summed E-state index contributed by atoms with van der Waals surface area (Å²) in [5.74, 6) is -0.118. The number of H-pyrrole nitrogens is 1. The van der Waals surface area contributed by atoms with Gasteiger partial charge in [0.1, 0.15) is 5.82 Å². The fourth-order valence-corrected chi connectivity index (χ4v) is 1.86. The van der Waals surface area contributed by atoms with E-state index in [-0.39, 0.29) is 22.3 Å². The zero-order chi connectivity index (χ0) is 18.0. The molecule has 1 aromatic carbocycles. The molecule has 0 amide bonds. The van der Waals surface area contributed by atoms with Crippen LogP contribution >= 0.6 is 0 Å². The first kappa shape index (κ1) is 18.9. The van der Waals surface area contributed by atoms with Gasteiger partial charge in [0.25, 0.3) is 0 Å². The Labute approximate surface area is 129 Å². The molecule has 2 nitrogen and oxygen atoms in total. The van der Waals surface area contributed by atoms with Gasteiger partial charge in [-0.25, -0.2) is 0 Å². The van der Waals surface area contributed by atoms with Crippen molar-refractivity contribution in [3.05, 3.63) is 34.9 Å². The quantitative estimate of drug-likeness (QED) is 0.638. The van der Waals surface area contributed by atoms with Crippen LogP contribution in [0, 0.1) is 0 Å². The van der Waals surface area contributed by atoms with E-state index in [1.807, 2.05) is 13.8 Å². The molecule has 1 aromatic heterocycles. The summed E-state index contributed by atoms with van der Waals surface area (Å²) in [6.07, 6.45) is -8.42. The zero-order valence-corrected chi connectivity index (χ0v) is 12.7. The summed E-state index contributed by atoms with van der Waals surface area (Å²) in [4.78, 5) is 2.56. The number of allylic oxidation sites excluding steroid dienone is 1. The van der Waals surface area contributed by atoms with Gasteiger partial charge in [-0.1, -0.05) is 13.8 Å². The Morgan fingerprint density at radius 3 is 2.13 bits per heavy atom. The normalized spacial score (nSPS) is 13.0. The van der Waals surface area contributed by atoms with Gasteiger partial charge in [-0.3, -0.25) is 0 Å². The maximum atomic E-state index is 12.7. The van der Waals surface area contributed by atoms with Crippen LogP contribution < -0.4 is 5.73 Å². The van der Waals surface area contributed by atoms with E-state index in [0.717, 1.165) is 31.2 Å². The summed E-state index contributed by atoms with van der Waals surface area (Å²) in [5.41, 5.74) is 3.79. The zero-order valence-electron chi connectivity index (χ0n) is 12.7. The number of nitrogen functional groups attached to an aromatic ring is 1. The predicted octanol–water partition coefficient (Wildman–Crippen LogP) is 5.76. The number of alkyl halides is 6. The molecule has 23 heavy (non-hydrogen) atoms. The fraction of sp³-hybridized carbons (Fsp3) is 0.333. The van der Waals surface area contributed by atoms with Crippen molar-refractivity contribution in [2.24, 2.45) is 0 Å². The molecule has 0 unspecified atom stereocenters. The highest BCUT2D eigenvalue weighted by atomic mass is 19.4. The second-order valence-electron chi connectivity index (χ2n) is 4.54. The summed E-state index contributed by atoms with van der Waals surface area (Å²) in [6.45, 7) is 4.83. The first-order valence-electron chi connectivity index (χ1n) is 6.74. The highest BCUT2D eigenvalue weighted by Gasteiger charge is 2.32.